The summed E-state index contributed by atoms with van der Waals surface area (Å²) in [5.41, 5.74) is 3.37. The minimum absolute atomic E-state index is 0.136. The molecule has 0 aromatic heterocycles. The summed E-state index contributed by atoms with van der Waals surface area (Å²) in [6.07, 6.45) is 1.71. The van der Waals surface area contributed by atoms with Gasteiger partial charge >= 0.3 is 0 Å². The first kappa shape index (κ1) is 17.3. The number of phenols is 1. The Labute approximate surface area is 149 Å². The molecule has 2 N–H and O–H groups in total. The molecule has 1 heterocycles. The van der Waals surface area contributed by atoms with E-state index in [-0.39, 0.29) is 5.75 Å². The lowest BCUT2D eigenvalue weighted by Gasteiger charge is -2.30. The molecule has 2 aromatic carbocycles. The standard InChI is InChI=1S/C20H25N3O2/c1-16-6-8-17(9-7-16)15-22-10-12-23(13-11-22)21-14-18-4-3-5-19(25-2)20(18)24/h3-9,14,24H,10-13,15H2,1-2H3/p+1. The van der Waals surface area contributed by atoms with Gasteiger partial charge in [-0.15, -0.1) is 0 Å². The maximum absolute atomic E-state index is 10.1. The van der Waals surface area contributed by atoms with Crippen molar-refractivity contribution in [3.05, 3.63) is 59.2 Å². The van der Waals surface area contributed by atoms with Crippen LogP contribution >= 0.6 is 0 Å². The highest BCUT2D eigenvalue weighted by Gasteiger charge is 2.18. The van der Waals surface area contributed by atoms with Gasteiger partial charge in [0.05, 0.1) is 39.5 Å². The Balaban J connectivity index is 1.53. The second-order valence-electron chi connectivity index (χ2n) is 6.51. The van der Waals surface area contributed by atoms with Gasteiger partial charge in [-0.2, -0.15) is 5.10 Å². The Kier molecular flexibility index (Phi) is 5.56. The quantitative estimate of drug-likeness (QED) is 0.810. The van der Waals surface area contributed by atoms with Crippen LogP contribution in [0.25, 0.3) is 0 Å². The number of nitrogens with one attached hydrogen (secondary N) is 1. The maximum Gasteiger partial charge on any atom is 0.166 e. The van der Waals surface area contributed by atoms with Crippen molar-refractivity contribution in [1.29, 1.82) is 0 Å². The van der Waals surface area contributed by atoms with Gasteiger partial charge < -0.3 is 14.7 Å². The Morgan fingerprint density at radius 2 is 1.88 bits per heavy atom. The Bertz CT molecular complexity index is 720. The number of hydrogen-bond donors (Lipinski definition) is 2. The van der Waals surface area contributed by atoms with Crippen molar-refractivity contribution in [3.63, 3.8) is 0 Å². The van der Waals surface area contributed by atoms with E-state index in [1.807, 2.05) is 12.1 Å². The number of hydrazone groups is 1. The fraction of sp³-hybridized carbons (Fsp3) is 0.350. The Hall–Kier alpha value is -2.53. The lowest BCUT2D eigenvalue weighted by molar-refractivity contribution is -0.918. The van der Waals surface area contributed by atoms with Gasteiger partial charge in [-0.3, -0.25) is 5.01 Å². The van der Waals surface area contributed by atoms with Crippen LogP contribution in [0, 0.1) is 6.92 Å². The zero-order valence-electron chi connectivity index (χ0n) is 14.9. The van der Waals surface area contributed by atoms with Crippen LogP contribution in [-0.4, -0.2) is 49.6 Å². The Morgan fingerprint density at radius 3 is 2.56 bits per heavy atom. The van der Waals surface area contributed by atoms with Gasteiger partial charge in [-0.25, -0.2) is 0 Å². The number of ether oxygens (including phenoxy) is 1. The summed E-state index contributed by atoms with van der Waals surface area (Å²) in [4.78, 5) is 1.58. The highest BCUT2D eigenvalue weighted by Crippen LogP contribution is 2.28. The molecule has 1 aliphatic rings. The second kappa shape index (κ2) is 8.03. The molecule has 2 aromatic rings. The van der Waals surface area contributed by atoms with Crippen LogP contribution in [0.2, 0.25) is 0 Å². The third-order valence-electron chi connectivity index (χ3n) is 4.63. The van der Waals surface area contributed by atoms with Crippen LogP contribution in [0.3, 0.4) is 0 Å². The van der Waals surface area contributed by atoms with Gasteiger partial charge in [0.1, 0.15) is 6.54 Å². The second-order valence-corrected chi connectivity index (χ2v) is 6.51. The molecule has 0 radical (unpaired) electrons. The minimum Gasteiger partial charge on any atom is -0.504 e. The zero-order chi connectivity index (χ0) is 17.6. The number of aromatic hydroxyl groups is 1. The average Bonchev–Trinajstić information content (AvgIpc) is 2.64. The number of rotatable bonds is 5. The van der Waals surface area contributed by atoms with E-state index >= 15 is 0 Å². The predicted octanol–water partition coefficient (Wildman–Crippen LogP) is 1.44. The molecule has 5 heteroatoms. The average molecular weight is 340 g/mol. The van der Waals surface area contributed by atoms with E-state index in [2.05, 4.69) is 41.3 Å². The zero-order valence-corrected chi connectivity index (χ0v) is 14.9. The first-order valence-corrected chi connectivity index (χ1v) is 8.69. The number of phenolic OH excluding ortho intramolecular Hbond substituents is 1. The van der Waals surface area contributed by atoms with Crippen LogP contribution < -0.4 is 9.64 Å². The molecule has 0 aliphatic carbocycles. The highest BCUT2D eigenvalue weighted by molar-refractivity contribution is 5.84. The van der Waals surface area contributed by atoms with Crippen molar-refractivity contribution < 1.29 is 14.7 Å². The van der Waals surface area contributed by atoms with Crippen molar-refractivity contribution in [2.45, 2.75) is 13.5 Å². The summed E-state index contributed by atoms with van der Waals surface area (Å²) in [7, 11) is 1.55. The molecule has 0 unspecified atom stereocenters. The number of methoxy groups -OCH3 is 1. The summed E-state index contributed by atoms with van der Waals surface area (Å²) in [6.45, 7) is 7.15. The Morgan fingerprint density at radius 1 is 1.16 bits per heavy atom. The van der Waals surface area contributed by atoms with Crippen molar-refractivity contribution >= 4 is 6.21 Å². The predicted molar refractivity (Wildman–Crippen MR) is 99.4 cm³/mol. The van der Waals surface area contributed by atoms with E-state index in [1.165, 1.54) is 11.1 Å². The van der Waals surface area contributed by atoms with Crippen molar-refractivity contribution in [1.82, 2.24) is 5.01 Å². The summed E-state index contributed by atoms with van der Waals surface area (Å²) in [6, 6.07) is 14.2. The molecule has 1 fully saturated rings. The minimum atomic E-state index is 0.136. The smallest absolute Gasteiger partial charge is 0.166 e. The first-order chi connectivity index (χ1) is 12.2. The molecule has 0 spiro atoms. The van der Waals surface area contributed by atoms with Crippen molar-refractivity contribution in [3.8, 4) is 11.5 Å². The summed E-state index contributed by atoms with van der Waals surface area (Å²) < 4.78 is 5.13. The molecule has 5 nitrogen and oxygen atoms in total. The highest BCUT2D eigenvalue weighted by atomic mass is 16.5. The molecule has 3 rings (SSSR count). The third kappa shape index (κ3) is 4.51. The van der Waals surface area contributed by atoms with Crippen LogP contribution in [0.5, 0.6) is 11.5 Å². The van der Waals surface area contributed by atoms with E-state index in [1.54, 1.807) is 24.3 Å². The molecule has 0 bridgehead atoms. The fourth-order valence-corrected chi connectivity index (χ4v) is 3.05. The van der Waals surface area contributed by atoms with Gasteiger partial charge in [0.15, 0.2) is 11.5 Å². The molecule has 1 saturated heterocycles. The summed E-state index contributed by atoms with van der Waals surface area (Å²) >= 11 is 0. The fourth-order valence-electron chi connectivity index (χ4n) is 3.05. The van der Waals surface area contributed by atoms with Crippen LogP contribution in [0.4, 0.5) is 0 Å². The lowest BCUT2D eigenvalue weighted by Crippen LogP contribution is -3.13. The molecular formula is C20H26N3O2+. The number of hydrogen-bond acceptors (Lipinski definition) is 4. The molecule has 0 amide bonds. The van der Waals surface area contributed by atoms with Gasteiger partial charge in [0.25, 0.3) is 0 Å². The number of nitrogens with zero attached hydrogens (tertiary/aromatic N) is 2. The maximum atomic E-state index is 10.1. The summed E-state index contributed by atoms with van der Waals surface area (Å²) in [5.74, 6) is 0.605. The molecule has 0 atom stereocenters. The number of quaternary nitrogens is 1. The number of piperazine rings is 1. The largest absolute Gasteiger partial charge is 0.504 e. The van der Waals surface area contributed by atoms with E-state index in [0.717, 1.165) is 32.7 Å². The van der Waals surface area contributed by atoms with Gasteiger partial charge in [-0.05, 0) is 19.1 Å². The van der Waals surface area contributed by atoms with E-state index in [4.69, 9.17) is 4.74 Å². The van der Waals surface area contributed by atoms with Gasteiger partial charge in [-0.1, -0.05) is 35.9 Å². The van der Waals surface area contributed by atoms with Crippen molar-refractivity contribution in [2.75, 3.05) is 33.3 Å². The van der Waals surface area contributed by atoms with Crippen molar-refractivity contribution in [2.24, 2.45) is 5.10 Å². The third-order valence-corrected chi connectivity index (χ3v) is 4.63. The number of benzene rings is 2. The monoisotopic (exact) mass is 340 g/mol. The van der Waals surface area contributed by atoms with E-state index in [0.29, 0.717) is 11.3 Å². The topological polar surface area (TPSA) is 49.5 Å². The molecular weight excluding hydrogens is 314 g/mol. The normalized spacial score (nSPS) is 15.7. The number of para-hydroxylation sites is 1. The van der Waals surface area contributed by atoms with E-state index in [9.17, 15) is 5.11 Å². The lowest BCUT2D eigenvalue weighted by atomic mass is 10.1. The van der Waals surface area contributed by atoms with Gasteiger partial charge in [0.2, 0.25) is 0 Å². The van der Waals surface area contributed by atoms with Crippen LogP contribution in [0.15, 0.2) is 47.6 Å². The SMILES string of the molecule is COc1cccc(C=NN2CC[NH+](Cc3ccc(C)cc3)CC2)c1O. The van der Waals surface area contributed by atoms with Crippen LogP contribution in [-0.2, 0) is 6.54 Å². The molecule has 1 aliphatic heterocycles. The molecule has 0 saturated carbocycles. The first-order valence-electron chi connectivity index (χ1n) is 8.69. The molecule has 132 valence electrons. The van der Waals surface area contributed by atoms with E-state index < -0.39 is 0 Å². The van der Waals surface area contributed by atoms with Gasteiger partial charge in [0, 0.05) is 11.1 Å². The molecule has 25 heavy (non-hydrogen) atoms. The van der Waals surface area contributed by atoms with Crippen LogP contribution in [0.1, 0.15) is 16.7 Å². The summed E-state index contributed by atoms with van der Waals surface area (Å²) in [5, 5.41) is 16.7. The number of aryl methyl sites for hydroxylation is 1.